The first-order chi connectivity index (χ1) is 16.6. The predicted octanol–water partition coefficient (Wildman–Crippen LogP) is 6.24. The molecule has 0 aliphatic heterocycles. The number of pyridine rings is 2. The third-order valence-electron chi connectivity index (χ3n) is 4.96. The summed E-state index contributed by atoms with van der Waals surface area (Å²) >= 11 is 5.59. The number of alkyl halides is 3. The van der Waals surface area contributed by atoms with Crippen molar-refractivity contribution in [3.63, 3.8) is 0 Å². The van der Waals surface area contributed by atoms with Crippen molar-refractivity contribution in [3.05, 3.63) is 64.9 Å². The molecule has 1 aliphatic rings. The average molecular weight is 506 g/mol. The van der Waals surface area contributed by atoms with Crippen molar-refractivity contribution in [2.45, 2.75) is 25.9 Å². The van der Waals surface area contributed by atoms with Gasteiger partial charge >= 0.3 is 12.2 Å². The van der Waals surface area contributed by atoms with Gasteiger partial charge in [0.25, 0.3) is 0 Å². The molecular weight excluding hydrogens is 487 g/mol. The van der Waals surface area contributed by atoms with Crippen LogP contribution in [0.3, 0.4) is 0 Å². The number of aryl methyl sites for hydroxylation is 1. The second-order valence-corrected chi connectivity index (χ2v) is 8.27. The summed E-state index contributed by atoms with van der Waals surface area (Å²) < 4.78 is 44.8. The quantitative estimate of drug-likeness (QED) is 0.367. The van der Waals surface area contributed by atoms with E-state index in [2.05, 4.69) is 25.9 Å². The Balaban J connectivity index is 1.39. The Hall–Kier alpha value is -3.86. The average Bonchev–Trinajstić information content (AvgIpc) is 3.62. The molecule has 0 saturated heterocycles. The van der Waals surface area contributed by atoms with Gasteiger partial charge in [-0.05, 0) is 50.1 Å². The van der Waals surface area contributed by atoms with Gasteiger partial charge in [-0.25, -0.2) is 14.8 Å². The number of urea groups is 1. The number of nitrogens with one attached hydrogen (secondary N) is 3. The molecule has 1 aliphatic carbocycles. The minimum Gasteiger partial charge on any atom is -0.439 e. The fraction of sp³-hybridized carbons (Fsp3) is 0.217. The third-order valence-corrected chi connectivity index (χ3v) is 5.29. The van der Waals surface area contributed by atoms with E-state index in [0.717, 1.165) is 25.0 Å². The lowest BCUT2D eigenvalue weighted by Crippen LogP contribution is -2.20. The van der Waals surface area contributed by atoms with Crippen molar-refractivity contribution < 1.29 is 27.5 Å². The fourth-order valence-electron chi connectivity index (χ4n) is 3.08. The standard InChI is InChI=1S/C23H19ClF3N5O3/c1-12-8-15(31-22(34)30-14-4-5-18(24)17(9-14)23(25,26)27)11-29-21(12)35-16-6-7-28-19(10-16)32-20(33)13-2-3-13/h4-11,13H,2-3H2,1H3,(H,28,32,33)(H2,30,31,34). The molecule has 3 aromatic rings. The fourth-order valence-corrected chi connectivity index (χ4v) is 3.30. The molecule has 0 radical (unpaired) electrons. The lowest BCUT2D eigenvalue weighted by molar-refractivity contribution is -0.137. The Kier molecular flexibility index (Phi) is 6.79. The molecule has 0 bridgehead atoms. The SMILES string of the molecule is Cc1cc(NC(=O)Nc2ccc(Cl)c(C(F)(F)F)c2)cnc1Oc1ccnc(NC(=O)C2CC2)c1. The second-order valence-electron chi connectivity index (χ2n) is 7.86. The van der Waals surface area contributed by atoms with Gasteiger partial charge in [-0.2, -0.15) is 13.2 Å². The molecule has 182 valence electrons. The highest BCUT2D eigenvalue weighted by molar-refractivity contribution is 6.31. The molecule has 12 heteroatoms. The van der Waals surface area contributed by atoms with Crippen LogP contribution >= 0.6 is 11.6 Å². The van der Waals surface area contributed by atoms with Crippen LogP contribution in [0.2, 0.25) is 5.02 Å². The highest BCUT2D eigenvalue weighted by Crippen LogP contribution is 2.36. The minimum absolute atomic E-state index is 0.0360. The number of ether oxygens (including phenoxy) is 1. The topological polar surface area (TPSA) is 105 Å². The number of amides is 3. The number of anilines is 3. The zero-order chi connectivity index (χ0) is 25.2. The van der Waals surface area contributed by atoms with Gasteiger partial charge in [0.15, 0.2) is 0 Å². The summed E-state index contributed by atoms with van der Waals surface area (Å²) in [6, 6.07) is 7.06. The summed E-state index contributed by atoms with van der Waals surface area (Å²) in [6.45, 7) is 1.71. The van der Waals surface area contributed by atoms with Gasteiger partial charge < -0.3 is 20.7 Å². The minimum atomic E-state index is -4.65. The molecule has 0 atom stereocenters. The zero-order valence-corrected chi connectivity index (χ0v) is 19.0. The maximum absolute atomic E-state index is 13.0. The molecule has 0 spiro atoms. The van der Waals surface area contributed by atoms with Crippen LogP contribution in [-0.2, 0) is 11.0 Å². The van der Waals surface area contributed by atoms with Gasteiger partial charge in [0.05, 0.1) is 22.5 Å². The zero-order valence-electron chi connectivity index (χ0n) is 18.2. The predicted molar refractivity (Wildman–Crippen MR) is 124 cm³/mol. The maximum atomic E-state index is 13.0. The molecule has 1 fully saturated rings. The summed E-state index contributed by atoms with van der Waals surface area (Å²) in [6.07, 6.45) is -0.0769. The summed E-state index contributed by atoms with van der Waals surface area (Å²) in [5.74, 6) is 0.986. The van der Waals surface area contributed by atoms with E-state index in [1.54, 1.807) is 25.1 Å². The van der Waals surface area contributed by atoms with Crippen LogP contribution in [0.25, 0.3) is 0 Å². The van der Waals surface area contributed by atoms with Gasteiger partial charge in [-0.3, -0.25) is 4.79 Å². The van der Waals surface area contributed by atoms with E-state index in [-0.39, 0.29) is 23.4 Å². The van der Waals surface area contributed by atoms with Crippen molar-refractivity contribution in [2.75, 3.05) is 16.0 Å². The number of hydrogen-bond donors (Lipinski definition) is 3. The highest BCUT2D eigenvalue weighted by atomic mass is 35.5. The molecule has 0 unspecified atom stereocenters. The van der Waals surface area contributed by atoms with Gasteiger partial charge in [0.2, 0.25) is 11.8 Å². The van der Waals surface area contributed by atoms with Crippen molar-refractivity contribution >= 4 is 40.7 Å². The first kappa shape index (κ1) is 24.3. The number of hydrogen-bond acceptors (Lipinski definition) is 5. The number of halogens is 4. The van der Waals surface area contributed by atoms with Crippen LogP contribution in [0.4, 0.5) is 35.2 Å². The van der Waals surface area contributed by atoms with Crippen LogP contribution < -0.4 is 20.7 Å². The van der Waals surface area contributed by atoms with Gasteiger partial charge in [-0.1, -0.05) is 11.6 Å². The summed E-state index contributed by atoms with van der Waals surface area (Å²) in [4.78, 5) is 32.5. The molecule has 2 aromatic heterocycles. The van der Waals surface area contributed by atoms with E-state index < -0.39 is 22.8 Å². The highest BCUT2D eigenvalue weighted by Gasteiger charge is 2.33. The van der Waals surface area contributed by atoms with Gasteiger partial charge in [-0.15, -0.1) is 0 Å². The molecule has 2 heterocycles. The molecule has 1 saturated carbocycles. The maximum Gasteiger partial charge on any atom is 0.417 e. The molecule has 3 N–H and O–H groups in total. The molecule has 8 nitrogen and oxygen atoms in total. The lowest BCUT2D eigenvalue weighted by atomic mass is 10.2. The molecular formula is C23H19ClF3N5O3. The summed E-state index contributed by atoms with van der Waals surface area (Å²) in [5, 5.41) is 7.10. The summed E-state index contributed by atoms with van der Waals surface area (Å²) in [7, 11) is 0. The Morgan fingerprint density at radius 2 is 1.77 bits per heavy atom. The molecule has 4 rings (SSSR count). The number of carbonyl (C=O) groups is 2. The molecule has 1 aromatic carbocycles. The normalized spacial score (nSPS) is 13.2. The second kappa shape index (κ2) is 9.79. The largest absolute Gasteiger partial charge is 0.439 e. The molecule has 3 amide bonds. The van der Waals surface area contributed by atoms with Crippen LogP contribution in [-0.4, -0.2) is 21.9 Å². The first-order valence-electron chi connectivity index (χ1n) is 10.4. The van der Waals surface area contributed by atoms with E-state index in [9.17, 15) is 22.8 Å². The van der Waals surface area contributed by atoms with E-state index in [0.29, 0.717) is 22.8 Å². The van der Waals surface area contributed by atoms with Crippen LogP contribution in [0, 0.1) is 12.8 Å². The number of aromatic nitrogens is 2. The number of benzene rings is 1. The van der Waals surface area contributed by atoms with E-state index in [1.807, 2.05) is 0 Å². The van der Waals surface area contributed by atoms with Crippen LogP contribution in [0.15, 0.2) is 48.8 Å². The molecule has 35 heavy (non-hydrogen) atoms. The van der Waals surface area contributed by atoms with Crippen molar-refractivity contribution in [1.29, 1.82) is 0 Å². The van der Waals surface area contributed by atoms with E-state index >= 15 is 0 Å². The van der Waals surface area contributed by atoms with Crippen molar-refractivity contribution in [1.82, 2.24) is 9.97 Å². The van der Waals surface area contributed by atoms with Crippen molar-refractivity contribution in [2.24, 2.45) is 5.92 Å². The van der Waals surface area contributed by atoms with Crippen molar-refractivity contribution in [3.8, 4) is 11.6 Å². The monoisotopic (exact) mass is 505 g/mol. The Morgan fingerprint density at radius 1 is 1.03 bits per heavy atom. The Bertz CT molecular complexity index is 1280. The smallest absolute Gasteiger partial charge is 0.417 e. The summed E-state index contributed by atoms with van der Waals surface area (Å²) in [5.41, 5.74) is -0.257. The van der Waals surface area contributed by atoms with Gasteiger partial charge in [0, 0.05) is 29.4 Å². The first-order valence-corrected chi connectivity index (χ1v) is 10.8. The lowest BCUT2D eigenvalue weighted by Gasteiger charge is -2.13. The Labute approximate surface area is 202 Å². The number of carbonyl (C=O) groups excluding carboxylic acids is 2. The van der Waals surface area contributed by atoms with Crippen LogP contribution in [0.1, 0.15) is 24.0 Å². The van der Waals surface area contributed by atoms with Gasteiger partial charge in [0.1, 0.15) is 11.6 Å². The van der Waals surface area contributed by atoms with Crippen LogP contribution in [0.5, 0.6) is 11.6 Å². The number of rotatable bonds is 6. The third kappa shape index (κ3) is 6.38. The van der Waals surface area contributed by atoms with E-state index in [1.165, 1.54) is 18.5 Å². The van der Waals surface area contributed by atoms with E-state index in [4.69, 9.17) is 16.3 Å². The number of nitrogens with zero attached hydrogens (tertiary/aromatic N) is 2. The Morgan fingerprint density at radius 3 is 2.46 bits per heavy atom.